The molecule has 6 heteroatoms. The minimum atomic E-state index is -1.60. The van der Waals surface area contributed by atoms with Crippen molar-refractivity contribution in [3.8, 4) is 6.07 Å². The van der Waals surface area contributed by atoms with Crippen LogP contribution in [-0.2, 0) is 9.53 Å². The predicted octanol–water partition coefficient (Wildman–Crippen LogP) is 1.82. The molecule has 0 saturated carbocycles. The summed E-state index contributed by atoms with van der Waals surface area (Å²) in [6.07, 6.45) is 1.88. The Morgan fingerprint density at radius 3 is 2.33 bits per heavy atom. The van der Waals surface area contributed by atoms with E-state index in [0.717, 1.165) is 0 Å². The van der Waals surface area contributed by atoms with Crippen LogP contribution in [0.3, 0.4) is 0 Å². The van der Waals surface area contributed by atoms with Gasteiger partial charge in [0.25, 0.3) is 0 Å². The Balaban J connectivity index is 4.78. The van der Waals surface area contributed by atoms with Crippen molar-refractivity contribution in [2.75, 3.05) is 0 Å². The Hall–Kier alpha value is -2.03. The maximum atomic E-state index is 11.5. The van der Waals surface area contributed by atoms with E-state index in [0.29, 0.717) is 0 Å². The van der Waals surface area contributed by atoms with Crippen molar-refractivity contribution in [2.24, 2.45) is 0 Å². The number of nitrogens with zero attached hydrogens (tertiary/aromatic N) is 1. The van der Waals surface area contributed by atoms with Gasteiger partial charge in [-0.25, -0.2) is 9.59 Å². The molecule has 0 aliphatic heterocycles. The number of nitrogens with one attached hydrogen (secondary N) is 1. The molecule has 0 heterocycles. The zero-order valence-corrected chi connectivity index (χ0v) is 11.0. The van der Waals surface area contributed by atoms with Crippen molar-refractivity contribution < 1.29 is 19.4 Å². The molecule has 1 atom stereocenters. The van der Waals surface area contributed by atoms with E-state index in [9.17, 15) is 9.59 Å². The van der Waals surface area contributed by atoms with Gasteiger partial charge in [-0.2, -0.15) is 5.26 Å². The van der Waals surface area contributed by atoms with E-state index >= 15 is 0 Å². The molecule has 100 valence electrons. The normalized spacial score (nSPS) is 14.6. The molecule has 1 amide bonds. The Labute approximate surface area is 106 Å². The summed E-state index contributed by atoms with van der Waals surface area (Å²) in [5, 5.41) is 19.7. The Morgan fingerprint density at radius 1 is 1.39 bits per heavy atom. The van der Waals surface area contributed by atoms with Gasteiger partial charge in [0.15, 0.2) is 5.54 Å². The molecular weight excluding hydrogens is 236 g/mol. The smallest absolute Gasteiger partial charge is 0.408 e. The van der Waals surface area contributed by atoms with Crippen LogP contribution in [0.2, 0.25) is 0 Å². The first-order valence-corrected chi connectivity index (χ1v) is 5.40. The molecule has 0 radical (unpaired) electrons. The molecule has 0 aromatic carbocycles. The highest BCUT2D eigenvalue weighted by Gasteiger charge is 2.33. The highest BCUT2D eigenvalue weighted by atomic mass is 16.6. The Bertz CT molecular complexity index is 390. The van der Waals surface area contributed by atoms with Gasteiger partial charge in [0.2, 0.25) is 0 Å². The summed E-state index contributed by atoms with van der Waals surface area (Å²) in [6.45, 7) is 6.34. The summed E-state index contributed by atoms with van der Waals surface area (Å²) in [4.78, 5) is 22.6. The van der Waals surface area contributed by atoms with Crippen molar-refractivity contribution in [1.29, 1.82) is 5.26 Å². The minimum Gasteiger partial charge on any atom is -0.479 e. The van der Waals surface area contributed by atoms with Crippen LogP contribution in [0.15, 0.2) is 12.2 Å². The van der Waals surface area contributed by atoms with Crippen LogP contribution in [-0.4, -0.2) is 28.3 Å². The number of hydrogen-bond acceptors (Lipinski definition) is 4. The molecule has 6 nitrogen and oxygen atoms in total. The highest BCUT2D eigenvalue weighted by Crippen LogP contribution is 2.11. The Kier molecular flexibility index (Phi) is 5.37. The molecule has 0 aliphatic carbocycles. The van der Waals surface area contributed by atoms with Crippen molar-refractivity contribution in [3.05, 3.63) is 12.2 Å². The monoisotopic (exact) mass is 254 g/mol. The van der Waals surface area contributed by atoms with Crippen molar-refractivity contribution in [2.45, 2.75) is 45.3 Å². The molecular formula is C12H18N2O4. The number of hydrogen-bond donors (Lipinski definition) is 2. The van der Waals surface area contributed by atoms with Crippen LogP contribution < -0.4 is 5.32 Å². The predicted molar refractivity (Wildman–Crippen MR) is 64.8 cm³/mol. The number of carboxylic acid groups (broad SMARTS) is 1. The van der Waals surface area contributed by atoms with E-state index in [-0.39, 0.29) is 6.42 Å². The van der Waals surface area contributed by atoms with E-state index in [1.807, 2.05) is 6.07 Å². The maximum Gasteiger partial charge on any atom is 0.408 e. The average molecular weight is 254 g/mol. The largest absolute Gasteiger partial charge is 0.479 e. The molecule has 18 heavy (non-hydrogen) atoms. The second-order valence-corrected chi connectivity index (χ2v) is 4.90. The number of carbonyl (C=O) groups excluding carboxylic acids is 1. The van der Waals surface area contributed by atoms with Crippen LogP contribution in [0.4, 0.5) is 4.79 Å². The molecule has 0 aromatic heterocycles. The van der Waals surface area contributed by atoms with Crippen LogP contribution in [0.5, 0.6) is 0 Å². The summed E-state index contributed by atoms with van der Waals surface area (Å²) < 4.78 is 4.98. The van der Waals surface area contributed by atoms with Crippen LogP contribution in [0.1, 0.15) is 34.1 Å². The number of ether oxygens (including phenoxy) is 1. The molecule has 1 unspecified atom stereocenters. The lowest BCUT2D eigenvalue weighted by molar-refractivity contribution is -0.142. The van der Waals surface area contributed by atoms with Gasteiger partial charge in [-0.1, -0.05) is 12.2 Å². The van der Waals surface area contributed by atoms with Gasteiger partial charge < -0.3 is 15.2 Å². The molecule has 0 aromatic rings. The lowest BCUT2D eigenvalue weighted by Crippen LogP contribution is -2.52. The molecule has 0 spiro atoms. The van der Waals surface area contributed by atoms with Crippen molar-refractivity contribution in [1.82, 2.24) is 5.32 Å². The van der Waals surface area contributed by atoms with Gasteiger partial charge in [-0.15, -0.1) is 0 Å². The zero-order valence-electron chi connectivity index (χ0n) is 11.0. The third-order valence-corrected chi connectivity index (χ3v) is 1.87. The topological polar surface area (TPSA) is 99.4 Å². The molecule has 0 rings (SSSR count). The van der Waals surface area contributed by atoms with E-state index in [4.69, 9.17) is 15.1 Å². The Morgan fingerprint density at radius 2 is 1.94 bits per heavy atom. The fourth-order valence-corrected chi connectivity index (χ4v) is 1.03. The molecule has 0 fully saturated rings. The third-order valence-electron chi connectivity index (χ3n) is 1.87. The lowest BCUT2D eigenvalue weighted by Gasteiger charge is -2.26. The van der Waals surface area contributed by atoms with Crippen LogP contribution in [0, 0.1) is 11.3 Å². The second-order valence-electron chi connectivity index (χ2n) is 4.90. The standard InChI is InChI=1S/C12H18N2O4/c1-11(2,3)18-10(17)14-12(4,9(15)16)7-5-6-8-13/h5,7H,6H2,1-4H3,(H,14,17)(H,15,16)/b7-5-. The molecule has 0 bridgehead atoms. The van der Waals surface area contributed by atoms with Gasteiger partial charge in [-0.05, 0) is 27.7 Å². The van der Waals surface area contributed by atoms with Crippen LogP contribution in [0.25, 0.3) is 0 Å². The molecule has 0 aliphatic rings. The highest BCUT2D eigenvalue weighted by molar-refractivity contribution is 5.86. The molecule has 0 saturated heterocycles. The average Bonchev–Trinajstić information content (AvgIpc) is 2.14. The first-order chi connectivity index (χ1) is 8.10. The number of carbonyl (C=O) groups is 2. The van der Waals surface area contributed by atoms with E-state index in [1.54, 1.807) is 20.8 Å². The lowest BCUT2D eigenvalue weighted by atomic mass is 10.0. The fourth-order valence-electron chi connectivity index (χ4n) is 1.03. The summed E-state index contributed by atoms with van der Waals surface area (Å²) >= 11 is 0. The number of aliphatic carboxylic acids is 1. The van der Waals surface area contributed by atoms with Crippen molar-refractivity contribution in [3.63, 3.8) is 0 Å². The van der Waals surface area contributed by atoms with Crippen molar-refractivity contribution >= 4 is 12.1 Å². The van der Waals surface area contributed by atoms with Gasteiger partial charge >= 0.3 is 12.1 Å². The number of nitriles is 1. The van der Waals surface area contributed by atoms with Gasteiger partial charge in [0, 0.05) is 0 Å². The summed E-state index contributed by atoms with van der Waals surface area (Å²) in [6, 6.07) is 1.85. The SMILES string of the molecule is CC(C)(C)OC(=O)NC(C)(/C=C\CC#N)C(=O)O. The number of carboxylic acids is 1. The summed E-state index contributed by atoms with van der Waals surface area (Å²) in [5.74, 6) is -1.23. The second kappa shape index (κ2) is 6.05. The van der Waals surface area contributed by atoms with Gasteiger partial charge in [0.1, 0.15) is 5.60 Å². The number of alkyl carbamates (subject to hydrolysis) is 1. The first kappa shape index (κ1) is 16.0. The number of rotatable bonds is 4. The maximum absolute atomic E-state index is 11.5. The minimum absolute atomic E-state index is 0.0683. The van der Waals surface area contributed by atoms with E-state index in [1.165, 1.54) is 19.1 Å². The zero-order chi connectivity index (χ0) is 14.4. The van der Waals surface area contributed by atoms with Gasteiger partial charge in [-0.3, -0.25) is 0 Å². The number of allylic oxidation sites excluding steroid dienone is 1. The van der Waals surface area contributed by atoms with Gasteiger partial charge in [0.05, 0.1) is 12.5 Å². The fraction of sp³-hybridized carbons (Fsp3) is 0.583. The van der Waals surface area contributed by atoms with E-state index in [2.05, 4.69) is 5.32 Å². The quantitative estimate of drug-likeness (QED) is 0.745. The first-order valence-electron chi connectivity index (χ1n) is 5.40. The van der Waals surface area contributed by atoms with Crippen LogP contribution >= 0.6 is 0 Å². The number of amides is 1. The van der Waals surface area contributed by atoms with E-state index < -0.39 is 23.2 Å². The third kappa shape index (κ3) is 5.89. The molecule has 2 N–H and O–H groups in total. The summed E-state index contributed by atoms with van der Waals surface area (Å²) in [5.41, 5.74) is -2.31. The summed E-state index contributed by atoms with van der Waals surface area (Å²) in [7, 11) is 0.